The summed E-state index contributed by atoms with van der Waals surface area (Å²) in [7, 11) is 0. The maximum Gasteiger partial charge on any atom is 0.386 e. The van der Waals surface area contributed by atoms with Gasteiger partial charge < -0.3 is 21.4 Å². The molecule has 0 amide bonds. The largest absolute Gasteiger partial charge is 0.403 e. The van der Waals surface area contributed by atoms with Gasteiger partial charge in [-0.15, -0.1) is 0 Å². The Morgan fingerprint density at radius 1 is 1.41 bits per heavy atom. The molecule has 6 N–H and O–H groups in total. The standard InChI is InChI=1S/C23H32N6.C2H3F3/c1-16(20-10-13-26-23-21(20)15-17(2)27-23)7-8-19(9-11-24)28-22-6-4-5-18(3)29(22)14-12-25;1-2(3,4)5/h4-5,10,12-15,19,22,28H,1,3,6-9,11,24-25H2,2H3,(H,26,27);1H3/b14-12-;. The third-order valence-corrected chi connectivity index (χ3v) is 5.37. The SMILES string of the molecule is C=C(CCC(CCN)NC1CC=CC(=C)N1/C=C\N)c1ccnc2[nH]c(C)cc12.CC(F)(F)F. The van der Waals surface area contributed by atoms with Gasteiger partial charge in [0.05, 0.1) is 6.17 Å². The van der Waals surface area contributed by atoms with Crippen molar-refractivity contribution in [3.8, 4) is 0 Å². The van der Waals surface area contributed by atoms with Crippen LogP contribution in [0.2, 0.25) is 0 Å². The number of halogens is 3. The summed E-state index contributed by atoms with van der Waals surface area (Å²) < 4.78 is 31.1. The average molecular weight is 477 g/mol. The number of rotatable bonds is 9. The number of nitrogens with two attached hydrogens (primary N) is 2. The summed E-state index contributed by atoms with van der Waals surface area (Å²) >= 11 is 0. The van der Waals surface area contributed by atoms with E-state index in [1.807, 2.05) is 31.5 Å². The van der Waals surface area contributed by atoms with Gasteiger partial charge in [0.1, 0.15) is 5.65 Å². The van der Waals surface area contributed by atoms with Gasteiger partial charge in [-0.3, -0.25) is 5.32 Å². The molecule has 0 radical (unpaired) electrons. The molecule has 0 saturated heterocycles. The Bertz CT molecular complexity index is 1020. The van der Waals surface area contributed by atoms with Crippen molar-refractivity contribution >= 4 is 16.6 Å². The van der Waals surface area contributed by atoms with Crippen molar-refractivity contribution < 1.29 is 13.2 Å². The van der Waals surface area contributed by atoms with Crippen LogP contribution >= 0.6 is 0 Å². The topological polar surface area (TPSA) is 96.0 Å². The van der Waals surface area contributed by atoms with Crippen LogP contribution in [0.1, 0.15) is 43.9 Å². The zero-order valence-electron chi connectivity index (χ0n) is 19.8. The summed E-state index contributed by atoms with van der Waals surface area (Å²) in [5.41, 5.74) is 16.7. The zero-order valence-corrected chi connectivity index (χ0v) is 19.8. The first kappa shape index (κ1) is 27.2. The first-order valence-corrected chi connectivity index (χ1v) is 11.2. The summed E-state index contributed by atoms with van der Waals surface area (Å²) in [5.74, 6) is 0. The zero-order chi connectivity index (χ0) is 25.3. The van der Waals surface area contributed by atoms with E-state index in [1.165, 1.54) is 0 Å². The molecular weight excluding hydrogens is 441 g/mol. The minimum Gasteiger partial charge on any atom is -0.403 e. The summed E-state index contributed by atoms with van der Waals surface area (Å²) in [5, 5.41) is 4.87. The number of alkyl halides is 3. The predicted molar refractivity (Wildman–Crippen MR) is 133 cm³/mol. The van der Waals surface area contributed by atoms with E-state index in [4.69, 9.17) is 11.5 Å². The van der Waals surface area contributed by atoms with E-state index in [9.17, 15) is 13.2 Å². The highest BCUT2D eigenvalue weighted by molar-refractivity contribution is 5.90. The number of fused-ring (bicyclic) bond motifs is 1. The smallest absolute Gasteiger partial charge is 0.386 e. The lowest BCUT2D eigenvalue weighted by atomic mass is 9.97. The molecule has 3 rings (SSSR count). The Balaban J connectivity index is 0.000000739. The lowest BCUT2D eigenvalue weighted by Gasteiger charge is -2.36. The van der Waals surface area contributed by atoms with Crippen molar-refractivity contribution in [3.05, 3.63) is 73.0 Å². The first-order valence-electron chi connectivity index (χ1n) is 11.2. The van der Waals surface area contributed by atoms with E-state index >= 15 is 0 Å². The molecule has 1 aliphatic rings. The number of pyridine rings is 1. The van der Waals surface area contributed by atoms with Crippen molar-refractivity contribution in [2.75, 3.05) is 6.54 Å². The number of allylic oxidation sites excluding steroid dienone is 2. The van der Waals surface area contributed by atoms with E-state index in [1.54, 1.807) is 6.20 Å². The van der Waals surface area contributed by atoms with Crippen LogP contribution in [0.25, 0.3) is 16.6 Å². The molecule has 0 aromatic carbocycles. The Morgan fingerprint density at radius 2 is 2.12 bits per heavy atom. The summed E-state index contributed by atoms with van der Waals surface area (Å²) in [6.07, 6.45) is 9.16. The molecule has 0 fully saturated rings. The Morgan fingerprint density at radius 3 is 2.76 bits per heavy atom. The van der Waals surface area contributed by atoms with Crippen molar-refractivity contribution in [3.63, 3.8) is 0 Å². The van der Waals surface area contributed by atoms with Gasteiger partial charge in [-0.25, -0.2) is 4.98 Å². The molecule has 186 valence electrons. The minimum absolute atomic E-state index is 0.122. The van der Waals surface area contributed by atoms with Crippen LogP contribution in [-0.2, 0) is 0 Å². The van der Waals surface area contributed by atoms with Gasteiger partial charge in [0.2, 0.25) is 0 Å². The van der Waals surface area contributed by atoms with E-state index in [0.717, 1.165) is 59.2 Å². The number of aryl methyl sites for hydroxylation is 1. The molecule has 34 heavy (non-hydrogen) atoms. The van der Waals surface area contributed by atoms with Gasteiger partial charge in [-0.2, -0.15) is 13.2 Å². The molecule has 2 aromatic rings. The molecule has 2 unspecified atom stereocenters. The number of nitrogens with one attached hydrogen (secondary N) is 2. The van der Waals surface area contributed by atoms with E-state index < -0.39 is 6.18 Å². The van der Waals surface area contributed by atoms with Gasteiger partial charge in [0, 0.05) is 48.3 Å². The highest BCUT2D eigenvalue weighted by Crippen LogP contribution is 2.27. The number of H-pyrrole nitrogens is 1. The van der Waals surface area contributed by atoms with Crippen LogP contribution < -0.4 is 16.8 Å². The lowest BCUT2D eigenvalue weighted by molar-refractivity contribution is -0.110. The van der Waals surface area contributed by atoms with Crippen LogP contribution in [0, 0.1) is 6.92 Å². The Kier molecular flexibility index (Phi) is 9.95. The predicted octanol–water partition coefficient (Wildman–Crippen LogP) is 5.07. The second-order valence-electron chi connectivity index (χ2n) is 8.33. The fourth-order valence-corrected chi connectivity index (χ4v) is 3.91. The monoisotopic (exact) mass is 476 g/mol. The highest BCUT2D eigenvalue weighted by atomic mass is 19.4. The van der Waals surface area contributed by atoms with E-state index in [0.29, 0.717) is 6.54 Å². The minimum atomic E-state index is -4.00. The average Bonchev–Trinajstić information content (AvgIpc) is 3.13. The molecule has 0 bridgehead atoms. The normalized spacial score (nSPS) is 17.2. The van der Waals surface area contributed by atoms with Gasteiger partial charge in [-0.1, -0.05) is 19.2 Å². The van der Waals surface area contributed by atoms with Gasteiger partial charge in [-0.05, 0) is 68.5 Å². The maximum absolute atomic E-state index is 10.4. The number of hydrogen-bond acceptors (Lipinski definition) is 5. The molecule has 2 atom stereocenters. The molecule has 0 saturated carbocycles. The number of nitrogens with zero attached hydrogens (tertiary/aromatic N) is 2. The molecule has 1 aliphatic heterocycles. The van der Waals surface area contributed by atoms with Gasteiger partial charge >= 0.3 is 6.18 Å². The molecule has 6 nitrogen and oxygen atoms in total. The van der Waals surface area contributed by atoms with Crippen LogP contribution in [0.15, 0.2) is 61.7 Å². The third kappa shape index (κ3) is 8.39. The molecule has 9 heteroatoms. The molecule has 0 spiro atoms. The fourth-order valence-electron chi connectivity index (χ4n) is 3.91. The van der Waals surface area contributed by atoms with Gasteiger partial charge in [0.15, 0.2) is 0 Å². The van der Waals surface area contributed by atoms with Crippen molar-refractivity contribution in [1.29, 1.82) is 0 Å². The lowest BCUT2D eigenvalue weighted by Crippen LogP contribution is -2.48. The molecular formula is C25H35F3N6. The van der Waals surface area contributed by atoms with Crippen LogP contribution in [-0.4, -0.2) is 39.8 Å². The summed E-state index contributed by atoms with van der Waals surface area (Å²) in [6, 6.07) is 4.46. The van der Waals surface area contributed by atoms with E-state index in [-0.39, 0.29) is 19.1 Å². The summed E-state index contributed by atoms with van der Waals surface area (Å²) in [6.45, 7) is 11.3. The number of hydrogen-bond donors (Lipinski definition) is 4. The second kappa shape index (κ2) is 12.4. The Hall–Kier alpha value is -3.04. The third-order valence-electron chi connectivity index (χ3n) is 5.37. The van der Waals surface area contributed by atoms with Gasteiger partial charge in [0.25, 0.3) is 0 Å². The molecule has 2 aromatic heterocycles. The second-order valence-corrected chi connectivity index (χ2v) is 8.33. The number of aromatic amines is 1. The summed E-state index contributed by atoms with van der Waals surface area (Å²) in [4.78, 5) is 9.79. The highest BCUT2D eigenvalue weighted by Gasteiger charge is 2.22. The van der Waals surface area contributed by atoms with Crippen molar-refractivity contribution in [1.82, 2.24) is 20.2 Å². The number of aromatic nitrogens is 2. The van der Waals surface area contributed by atoms with Crippen LogP contribution in [0.4, 0.5) is 13.2 Å². The van der Waals surface area contributed by atoms with Crippen LogP contribution in [0.3, 0.4) is 0 Å². The quantitative estimate of drug-likeness (QED) is 0.405. The first-order chi connectivity index (χ1) is 16.0. The van der Waals surface area contributed by atoms with Crippen molar-refractivity contribution in [2.24, 2.45) is 11.5 Å². The Labute approximate surface area is 199 Å². The maximum atomic E-state index is 10.4. The van der Waals surface area contributed by atoms with Crippen molar-refractivity contribution in [2.45, 2.75) is 57.9 Å². The van der Waals surface area contributed by atoms with Crippen LogP contribution in [0.5, 0.6) is 0 Å². The van der Waals surface area contributed by atoms with E-state index in [2.05, 4.69) is 45.5 Å². The molecule has 3 heterocycles. The molecule has 0 aliphatic carbocycles. The fraction of sp³-hybridized carbons (Fsp3) is 0.400.